The minimum absolute atomic E-state index is 0.0123. The number of carboxylic acid groups (broad SMARTS) is 1. The van der Waals surface area contributed by atoms with E-state index in [1.807, 2.05) is 30.3 Å². The molecule has 0 radical (unpaired) electrons. The van der Waals surface area contributed by atoms with Gasteiger partial charge >= 0.3 is 5.97 Å². The van der Waals surface area contributed by atoms with Crippen molar-refractivity contribution in [3.8, 4) is 5.75 Å². The average Bonchev–Trinajstić information content (AvgIpc) is 3.26. The van der Waals surface area contributed by atoms with Crippen LogP contribution in [0.2, 0.25) is 18.1 Å². The molecular weight excluding hydrogens is 552 g/mol. The van der Waals surface area contributed by atoms with Crippen LogP contribution in [0.4, 0.5) is 0 Å². The zero-order valence-corrected chi connectivity index (χ0v) is 27.2. The highest BCUT2D eigenvalue weighted by atomic mass is 28.4. The van der Waals surface area contributed by atoms with Crippen LogP contribution in [-0.2, 0) is 28.2 Å². The molecule has 0 spiro atoms. The number of rotatable bonds is 13. The molecule has 2 saturated heterocycles. The quantitative estimate of drug-likeness (QED) is 0.143. The minimum Gasteiger partial charge on any atom is -0.493 e. The van der Waals surface area contributed by atoms with Gasteiger partial charge in [-0.15, -0.1) is 0 Å². The average molecular weight is 605 g/mol. The number of hydrogen-bond acceptors (Lipinski definition) is 7. The highest BCUT2D eigenvalue weighted by Gasteiger charge is 2.52. The molecule has 9 heteroatoms. The Balaban J connectivity index is 1.64. The molecule has 0 amide bonds. The maximum atomic E-state index is 12.3. The number of aliphatic carboxylic acids is 1. The zero-order chi connectivity index (χ0) is 30.2. The van der Waals surface area contributed by atoms with Gasteiger partial charge in [-0.1, -0.05) is 39.0 Å². The van der Waals surface area contributed by atoms with Gasteiger partial charge in [0.25, 0.3) is 0 Å². The van der Waals surface area contributed by atoms with E-state index >= 15 is 0 Å². The second-order valence-electron chi connectivity index (χ2n) is 13.4. The van der Waals surface area contributed by atoms with Gasteiger partial charge < -0.3 is 33.2 Å². The molecule has 3 fully saturated rings. The molecule has 1 aromatic carbocycles. The lowest BCUT2D eigenvalue weighted by Gasteiger charge is -2.40. The number of carbonyl (C=O) groups is 1. The van der Waals surface area contributed by atoms with Crippen LogP contribution in [0.25, 0.3) is 0 Å². The lowest BCUT2D eigenvalue weighted by molar-refractivity contribution is -0.201. The van der Waals surface area contributed by atoms with Crippen molar-refractivity contribution in [1.29, 1.82) is 0 Å². The fourth-order valence-electron chi connectivity index (χ4n) is 5.87. The molecule has 1 saturated carbocycles. The Kier molecular flexibility index (Phi) is 11.9. The van der Waals surface area contributed by atoms with E-state index < -0.39 is 14.3 Å². The summed E-state index contributed by atoms with van der Waals surface area (Å²) in [6.45, 7) is 12.9. The second kappa shape index (κ2) is 15.2. The Hall–Kier alpha value is -1.91. The van der Waals surface area contributed by atoms with Gasteiger partial charge in [-0.3, -0.25) is 4.79 Å². The van der Waals surface area contributed by atoms with Crippen LogP contribution in [0.1, 0.15) is 78.6 Å². The summed E-state index contributed by atoms with van der Waals surface area (Å²) in [5.74, 6) is 0.0851. The van der Waals surface area contributed by atoms with Gasteiger partial charge in [-0.2, -0.15) is 0 Å². The first kappa shape index (κ1) is 33.0. The summed E-state index contributed by atoms with van der Waals surface area (Å²) < 4.78 is 38.2. The molecule has 4 rings (SSSR count). The summed E-state index contributed by atoms with van der Waals surface area (Å²) in [5, 5.41) is 10.1. The monoisotopic (exact) mass is 604 g/mol. The number of ether oxygens (including phenoxy) is 5. The van der Waals surface area contributed by atoms with Crippen molar-refractivity contribution in [1.82, 2.24) is 0 Å². The van der Waals surface area contributed by atoms with Crippen molar-refractivity contribution < 1.29 is 38.0 Å². The van der Waals surface area contributed by atoms with E-state index in [4.69, 9.17) is 28.1 Å². The van der Waals surface area contributed by atoms with Crippen LogP contribution in [-0.4, -0.2) is 64.0 Å². The predicted molar refractivity (Wildman–Crippen MR) is 164 cm³/mol. The van der Waals surface area contributed by atoms with Crippen molar-refractivity contribution in [2.24, 2.45) is 11.8 Å². The molecule has 42 heavy (non-hydrogen) atoms. The van der Waals surface area contributed by atoms with Gasteiger partial charge in [0.15, 0.2) is 20.9 Å². The molecule has 3 aliphatic rings. The maximum absolute atomic E-state index is 12.3. The first-order valence-corrected chi connectivity index (χ1v) is 18.8. The Morgan fingerprint density at radius 2 is 1.67 bits per heavy atom. The van der Waals surface area contributed by atoms with Crippen molar-refractivity contribution >= 4 is 14.3 Å². The summed E-state index contributed by atoms with van der Waals surface area (Å²) in [4.78, 5) is 12.3. The van der Waals surface area contributed by atoms with Crippen LogP contribution < -0.4 is 4.74 Å². The number of hydrogen-bond donors (Lipinski definition) is 1. The molecule has 236 valence electrons. The van der Waals surface area contributed by atoms with Crippen LogP contribution in [0.5, 0.6) is 5.75 Å². The molecule has 8 nitrogen and oxygen atoms in total. The number of benzene rings is 1. The molecule has 1 aliphatic carbocycles. The van der Waals surface area contributed by atoms with Gasteiger partial charge in [0.05, 0.1) is 31.8 Å². The van der Waals surface area contributed by atoms with Crippen molar-refractivity contribution in [2.45, 2.75) is 121 Å². The van der Waals surface area contributed by atoms with Gasteiger partial charge in [-0.05, 0) is 74.9 Å². The molecule has 1 N–H and O–H groups in total. The Morgan fingerprint density at radius 1 is 1.00 bits per heavy atom. The van der Waals surface area contributed by atoms with Crippen LogP contribution in [0, 0.1) is 11.8 Å². The smallest absolute Gasteiger partial charge is 0.303 e. The highest BCUT2D eigenvalue weighted by molar-refractivity contribution is 6.74. The van der Waals surface area contributed by atoms with Crippen molar-refractivity contribution in [2.75, 3.05) is 19.8 Å². The zero-order valence-electron chi connectivity index (χ0n) is 26.2. The molecular formula is C33H52O8Si. The third-order valence-corrected chi connectivity index (χ3v) is 13.6. The fraction of sp³-hybridized carbons (Fsp3) is 0.727. The Morgan fingerprint density at radius 3 is 2.26 bits per heavy atom. The first-order valence-electron chi connectivity index (χ1n) is 15.9. The largest absolute Gasteiger partial charge is 0.493 e. The van der Waals surface area contributed by atoms with Gasteiger partial charge in [-0.25, -0.2) is 0 Å². The molecule has 2 unspecified atom stereocenters. The second-order valence-corrected chi connectivity index (χ2v) is 18.1. The van der Waals surface area contributed by atoms with Crippen LogP contribution >= 0.6 is 0 Å². The van der Waals surface area contributed by atoms with Crippen LogP contribution in [0.15, 0.2) is 42.2 Å². The first-order chi connectivity index (χ1) is 20.0. The number of para-hydroxylation sites is 1. The molecule has 0 aromatic heterocycles. The minimum atomic E-state index is -2.20. The van der Waals surface area contributed by atoms with Crippen molar-refractivity contribution in [3.63, 3.8) is 0 Å². The topological polar surface area (TPSA) is 92.7 Å². The molecule has 1 aromatic rings. The van der Waals surface area contributed by atoms with E-state index in [9.17, 15) is 9.90 Å². The molecule has 2 heterocycles. The molecule has 0 bridgehead atoms. The van der Waals surface area contributed by atoms with E-state index in [1.165, 1.54) is 0 Å². The van der Waals surface area contributed by atoms with E-state index in [1.54, 1.807) is 0 Å². The lowest BCUT2D eigenvalue weighted by atomic mass is 9.88. The lowest BCUT2D eigenvalue weighted by Crippen LogP contribution is -2.45. The SMILES string of the molecule is CC(C)(C)[Si](C)(C)O[C@H]1C[C@@H](OC2CCCCO2)[C@@H](/C(=C\CCOc2ccccc2)OC2CCCCO2)[C@H]1CC(=O)O. The van der Waals surface area contributed by atoms with E-state index in [-0.39, 0.29) is 48.1 Å². The standard InChI is InChI=1S/C33H52O8Si/c1-33(2,3)42(4,5)41-27-23-28(40-31-18-10-12-20-38-31)32(25(27)22-29(34)35)26(39-30-17-9-11-19-37-30)16-13-21-36-24-14-7-6-8-15-24/h6-8,14-16,25,27-28,30-32H,9-13,17-23H2,1-5H3,(H,34,35)/b26-16+/t25-,27-,28+,30?,31?,32+/m0/s1. The third kappa shape index (κ3) is 9.29. The molecule has 6 atom stereocenters. The van der Waals surface area contributed by atoms with Gasteiger partial charge in [0, 0.05) is 31.3 Å². The summed E-state index contributed by atoms with van der Waals surface area (Å²) in [5.41, 5.74) is 0. The molecule has 2 aliphatic heterocycles. The van der Waals surface area contributed by atoms with Gasteiger partial charge in [0.1, 0.15) is 11.5 Å². The summed E-state index contributed by atoms with van der Waals surface area (Å²) in [6, 6.07) is 9.74. The third-order valence-electron chi connectivity index (χ3n) is 9.14. The van der Waals surface area contributed by atoms with E-state index in [2.05, 4.69) is 39.9 Å². The summed E-state index contributed by atoms with van der Waals surface area (Å²) in [7, 11) is -2.20. The maximum Gasteiger partial charge on any atom is 0.303 e. The van der Waals surface area contributed by atoms with Crippen LogP contribution in [0.3, 0.4) is 0 Å². The van der Waals surface area contributed by atoms with E-state index in [0.29, 0.717) is 32.7 Å². The Labute approximate surface area is 253 Å². The van der Waals surface area contributed by atoms with Gasteiger partial charge in [0.2, 0.25) is 0 Å². The highest BCUT2D eigenvalue weighted by Crippen LogP contribution is 2.48. The predicted octanol–water partition coefficient (Wildman–Crippen LogP) is 7.30. The fourth-order valence-corrected chi connectivity index (χ4v) is 7.25. The Bertz CT molecular complexity index is 995. The summed E-state index contributed by atoms with van der Waals surface area (Å²) >= 11 is 0. The van der Waals surface area contributed by atoms with Crippen molar-refractivity contribution in [3.05, 3.63) is 42.2 Å². The van der Waals surface area contributed by atoms with E-state index in [0.717, 1.165) is 50.0 Å². The number of carboxylic acids is 1. The normalized spacial score (nSPS) is 29.3. The summed E-state index contributed by atoms with van der Waals surface area (Å²) in [6.07, 6.45) is 7.77.